The van der Waals surface area contributed by atoms with E-state index in [1.807, 2.05) is 6.92 Å². The molecule has 1 saturated heterocycles. The first-order valence-corrected chi connectivity index (χ1v) is 7.44. The van der Waals surface area contributed by atoms with Gasteiger partial charge < -0.3 is 20.1 Å². The second kappa shape index (κ2) is 8.46. The van der Waals surface area contributed by atoms with Crippen LogP contribution in [0.5, 0.6) is 11.5 Å². The summed E-state index contributed by atoms with van der Waals surface area (Å²) in [6.45, 7) is 5.07. The maximum absolute atomic E-state index is 12.1. The smallest absolute Gasteiger partial charge is 0.251 e. The normalized spacial score (nSPS) is 13.9. The van der Waals surface area contributed by atoms with Crippen molar-refractivity contribution in [1.82, 2.24) is 10.6 Å². The van der Waals surface area contributed by atoms with Crippen LogP contribution in [0.2, 0.25) is 0 Å². The van der Waals surface area contributed by atoms with Crippen molar-refractivity contribution in [2.75, 3.05) is 33.4 Å². The van der Waals surface area contributed by atoms with Crippen molar-refractivity contribution in [2.45, 2.75) is 6.92 Å². The van der Waals surface area contributed by atoms with Crippen LogP contribution in [0.4, 0.5) is 0 Å². The van der Waals surface area contributed by atoms with E-state index in [1.165, 1.54) is 0 Å². The predicted molar refractivity (Wildman–Crippen MR) is 87.8 cm³/mol. The van der Waals surface area contributed by atoms with Crippen molar-refractivity contribution >= 4 is 34.2 Å². The van der Waals surface area contributed by atoms with E-state index < -0.39 is 0 Å². The highest BCUT2D eigenvalue weighted by Crippen LogP contribution is 2.36. The molecule has 0 atom stereocenters. The number of methoxy groups -OCH3 is 1. The lowest BCUT2D eigenvalue weighted by Gasteiger charge is -2.27. The van der Waals surface area contributed by atoms with Gasteiger partial charge in [0, 0.05) is 31.1 Å². The predicted octanol–water partition coefficient (Wildman–Crippen LogP) is 2.23. The van der Waals surface area contributed by atoms with Crippen LogP contribution in [0.3, 0.4) is 0 Å². The Kier molecular flexibility index (Phi) is 7.28. The summed E-state index contributed by atoms with van der Waals surface area (Å²) in [6.07, 6.45) is 0. The number of benzene rings is 1. The monoisotopic (exact) mass is 378 g/mol. The Bertz CT molecular complexity index is 495. The highest BCUT2D eigenvalue weighted by molar-refractivity contribution is 9.10. The van der Waals surface area contributed by atoms with Crippen molar-refractivity contribution in [3.05, 3.63) is 22.2 Å². The Morgan fingerprint density at radius 3 is 2.71 bits per heavy atom. The number of carbonyl (C=O) groups excluding carboxylic acids is 1. The highest BCUT2D eigenvalue weighted by atomic mass is 79.9. The minimum Gasteiger partial charge on any atom is -0.493 e. The van der Waals surface area contributed by atoms with Gasteiger partial charge in [-0.3, -0.25) is 4.79 Å². The summed E-state index contributed by atoms with van der Waals surface area (Å²) in [5, 5.41) is 6.11. The molecule has 2 rings (SSSR count). The number of rotatable bonds is 6. The van der Waals surface area contributed by atoms with Crippen LogP contribution >= 0.6 is 28.3 Å². The summed E-state index contributed by atoms with van der Waals surface area (Å²) in [5.41, 5.74) is 0.560. The van der Waals surface area contributed by atoms with Gasteiger partial charge in [-0.1, -0.05) is 0 Å². The van der Waals surface area contributed by atoms with E-state index in [0.29, 0.717) is 40.6 Å². The number of nitrogens with one attached hydrogen (secondary N) is 2. The fourth-order valence-electron chi connectivity index (χ4n) is 1.97. The van der Waals surface area contributed by atoms with Crippen molar-refractivity contribution in [3.8, 4) is 11.5 Å². The van der Waals surface area contributed by atoms with E-state index in [-0.39, 0.29) is 18.3 Å². The van der Waals surface area contributed by atoms with Crippen LogP contribution < -0.4 is 20.1 Å². The Labute approximate surface area is 139 Å². The second-order valence-corrected chi connectivity index (χ2v) is 5.51. The molecule has 0 aromatic heterocycles. The highest BCUT2D eigenvalue weighted by Gasteiger charge is 2.19. The zero-order chi connectivity index (χ0) is 14.5. The SMILES string of the molecule is CCOc1c(Br)cc(C(=O)NCC2CNC2)cc1OC.Cl. The average molecular weight is 380 g/mol. The quantitative estimate of drug-likeness (QED) is 0.796. The molecule has 7 heteroatoms. The molecule has 21 heavy (non-hydrogen) atoms. The van der Waals surface area contributed by atoms with Gasteiger partial charge in [0.1, 0.15) is 0 Å². The van der Waals surface area contributed by atoms with Crippen molar-refractivity contribution < 1.29 is 14.3 Å². The van der Waals surface area contributed by atoms with Crippen LogP contribution in [0, 0.1) is 5.92 Å². The first-order chi connectivity index (χ1) is 9.65. The number of hydrogen-bond donors (Lipinski definition) is 2. The number of halogens is 2. The van der Waals surface area contributed by atoms with E-state index >= 15 is 0 Å². The molecule has 0 radical (unpaired) electrons. The molecule has 1 fully saturated rings. The van der Waals surface area contributed by atoms with Crippen LogP contribution in [-0.4, -0.2) is 39.3 Å². The third-order valence-corrected chi connectivity index (χ3v) is 3.79. The van der Waals surface area contributed by atoms with E-state index in [9.17, 15) is 4.79 Å². The standard InChI is InChI=1S/C14H19BrN2O3.ClH/c1-3-20-13-11(15)4-10(5-12(13)19-2)14(18)17-8-9-6-16-7-9;/h4-5,9,16H,3,6-8H2,1-2H3,(H,17,18);1H. The third kappa shape index (κ3) is 4.49. The first-order valence-electron chi connectivity index (χ1n) is 6.65. The molecule has 0 saturated carbocycles. The molecule has 0 aliphatic carbocycles. The summed E-state index contributed by atoms with van der Waals surface area (Å²) < 4.78 is 11.5. The van der Waals surface area contributed by atoms with Gasteiger partial charge in [-0.05, 0) is 35.0 Å². The van der Waals surface area contributed by atoms with Gasteiger partial charge >= 0.3 is 0 Å². The molecule has 5 nitrogen and oxygen atoms in total. The van der Waals surface area contributed by atoms with Crippen LogP contribution in [0.25, 0.3) is 0 Å². The summed E-state index contributed by atoms with van der Waals surface area (Å²) in [6, 6.07) is 3.45. The molecule has 1 heterocycles. The number of ether oxygens (including phenoxy) is 2. The van der Waals surface area contributed by atoms with Crippen molar-refractivity contribution in [2.24, 2.45) is 5.92 Å². The largest absolute Gasteiger partial charge is 0.493 e. The lowest BCUT2D eigenvalue weighted by atomic mass is 10.0. The molecule has 2 N–H and O–H groups in total. The van der Waals surface area contributed by atoms with E-state index in [4.69, 9.17) is 9.47 Å². The molecular weight excluding hydrogens is 360 g/mol. The Balaban J connectivity index is 0.00000220. The van der Waals surface area contributed by atoms with Crippen molar-refractivity contribution in [1.29, 1.82) is 0 Å². The van der Waals surface area contributed by atoms with Gasteiger partial charge in [0.25, 0.3) is 5.91 Å². The van der Waals surface area contributed by atoms with Gasteiger partial charge in [0.2, 0.25) is 0 Å². The summed E-state index contributed by atoms with van der Waals surface area (Å²) in [7, 11) is 1.56. The zero-order valence-corrected chi connectivity index (χ0v) is 14.5. The first kappa shape index (κ1) is 18.1. The molecule has 118 valence electrons. The van der Waals surface area contributed by atoms with E-state index in [1.54, 1.807) is 19.2 Å². The van der Waals surface area contributed by atoms with Gasteiger partial charge in [-0.15, -0.1) is 12.4 Å². The number of hydrogen-bond acceptors (Lipinski definition) is 4. The Morgan fingerprint density at radius 1 is 1.48 bits per heavy atom. The maximum atomic E-state index is 12.1. The fourth-order valence-corrected chi connectivity index (χ4v) is 2.52. The van der Waals surface area contributed by atoms with E-state index in [2.05, 4.69) is 26.6 Å². The van der Waals surface area contributed by atoms with Gasteiger partial charge in [-0.2, -0.15) is 0 Å². The van der Waals surface area contributed by atoms with Gasteiger partial charge in [0.05, 0.1) is 18.2 Å². The van der Waals surface area contributed by atoms with Crippen molar-refractivity contribution in [3.63, 3.8) is 0 Å². The Hall–Kier alpha value is -0.980. The van der Waals surface area contributed by atoms with Gasteiger partial charge in [-0.25, -0.2) is 0 Å². The minimum absolute atomic E-state index is 0. The summed E-state index contributed by atoms with van der Waals surface area (Å²) in [4.78, 5) is 12.1. The summed E-state index contributed by atoms with van der Waals surface area (Å²) >= 11 is 3.42. The molecule has 1 aromatic carbocycles. The molecule has 1 aromatic rings. The topological polar surface area (TPSA) is 59.6 Å². The van der Waals surface area contributed by atoms with E-state index in [0.717, 1.165) is 13.1 Å². The average Bonchev–Trinajstić information content (AvgIpc) is 2.38. The molecule has 1 aliphatic heterocycles. The molecule has 1 aliphatic rings. The minimum atomic E-state index is -0.0982. The zero-order valence-electron chi connectivity index (χ0n) is 12.1. The fraction of sp³-hybridized carbons (Fsp3) is 0.500. The molecule has 0 bridgehead atoms. The molecule has 0 spiro atoms. The second-order valence-electron chi connectivity index (χ2n) is 4.66. The van der Waals surface area contributed by atoms with Crippen LogP contribution in [-0.2, 0) is 0 Å². The Morgan fingerprint density at radius 2 is 2.19 bits per heavy atom. The lowest BCUT2D eigenvalue weighted by molar-refractivity contribution is 0.0941. The van der Waals surface area contributed by atoms with Crippen LogP contribution in [0.1, 0.15) is 17.3 Å². The maximum Gasteiger partial charge on any atom is 0.251 e. The molecule has 1 amide bonds. The van der Waals surface area contributed by atoms with Crippen LogP contribution in [0.15, 0.2) is 16.6 Å². The number of amides is 1. The number of carbonyl (C=O) groups is 1. The lowest BCUT2D eigenvalue weighted by Crippen LogP contribution is -2.48. The summed E-state index contributed by atoms with van der Waals surface area (Å²) in [5.74, 6) is 1.61. The van der Waals surface area contributed by atoms with Gasteiger partial charge in [0.15, 0.2) is 11.5 Å². The molecular formula is C14H20BrClN2O3. The molecule has 0 unspecified atom stereocenters. The third-order valence-electron chi connectivity index (χ3n) is 3.20.